The summed E-state index contributed by atoms with van der Waals surface area (Å²) in [4.78, 5) is 18.5. The lowest BCUT2D eigenvalue weighted by atomic mass is 10.3. The molecule has 1 aliphatic heterocycles. The largest absolute Gasteiger partial charge is 0.343 e. The highest BCUT2D eigenvalue weighted by atomic mass is 32.1. The molecule has 0 N–H and O–H groups in total. The van der Waals surface area contributed by atoms with Crippen molar-refractivity contribution in [2.24, 2.45) is 0 Å². The topological polar surface area (TPSA) is 62.5 Å². The van der Waals surface area contributed by atoms with Crippen molar-refractivity contribution in [1.29, 1.82) is 0 Å². The van der Waals surface area contributed by atoms with Crippen LogP contribution in [-0.2, 0) is 0 Å². The molecule has 0 spiro atoms. The number of hydrogen-bond acceptors (Lipinski definition) is 7. The van der Waals surface area contributed by atoms with Crippen molar-refractivity contribution in [2.75, 3.05) is 36.0 Å². The summed E-state index contributed by atoms with van der Waals surface area (Å²) in [5.74, 6) is 0.807. The van der Waals surface area contributed by atoms with Crippen molar-refractivity contribution in [3.05, 3.63) is 30.4 Å². The predicted molar refractivity (Wildman–Crippen MR) is 82.1 cm³/mol. The molecule has 0 unspecified atom stereocenters. The Bertz CT molecular complexity index is 711. The molecule has 0 atom stereocenters. The summed E-state index contributed by atoms with van der Waals surface area (Å²) in [7, 11) is 0. The van der Waals surface area contributed by atoms with E-state index in [1.165, 1.54) is 0 Å². The van der Waals surface area contributed by atoms with Gasteiger partial charge in [0.1, 0.15) is 0 Å². The average Bonchev–Trinajstić information content (AvgIpc) is 3.06. The van der Waals surface area contributed by atoms with Crippen LogP contribution in [-0.4, -0.2) is 50.7 Å². The standard InChI is InChI=1S/C13H15N7S/c1-10-9-20-12(16-10)21-13(17-20)19-7-5-18(6-8-19)11-14-3-2-4-15-11/h2-4,9H,5-8H2,1H3. The Hall–Kier alpha value is -2.22. The van der Waals surface area contributed by atoms with E-state index >= 15 is 0 Å². The number of fused-ring (bicyclic) bond motifs is 1. The molecule has 4 rings (SSSR count). The van der Waals surface area contributed by atoms with E-state index in [0.717, 1.165) is 47.9 Å². The van der Waals surface area contributed by atoms with Crippen LogP contribution < -0.4 is 9.80 Å². The van der Waals surface area contributed by atoms with Crippen molar-refractivity contribution in [3.63, 3.8) is 0 Å². The number of rotatable bonds is 2. The number of hydrogen-bond donors (Lipinski definition) is 0. The van der Waals surface area contributed by atoms with E-state index in [4.69, 9.17) is 0 Å². The Morgan fingerprint density at radius 1 is 1.05 bits per heavy atom. The monoisotopic (exact) mass is 301 g/mol. The Morgan fingerprint density at radius 3 is 2.48 bits per heavy atom. The highest BCUT2D eigenvalue weighted by molar-refractivity contribution is 7.20. The Kier molecular flexibility index (Phi) is 2.95. The fourth-order valence-electron chi connectivity index (χ4n) is 2.48. The number of nitrogens with zero attached hydrogens (tertiary/aromatic N) is 7. The van der Waals surface area contributed by atoms with Gasteiger partial charge in [-0.15, -0.1) is 5.10 Å². The van der Waals surface area contributed by atoms with Gasteiger partial charge in [0.15, 0.2) is 0 Å². The number of imidazole rings is 1. The highest BCUT2D eigenvalue weighted by Crippen LogP contribution is 2.24. The minimum Gasteiger partial charge on any atom is -0.343 e. The minimum atomic E-state index is 0.807. The molecule has 108 valence electrons. The minimum absolute atomic E-state index is 0.807. The van der Waals surface area contributed by atoms with Crippen LogP contribution in [0.5, 0.6) is 0 Å². The van der Waals surface area contributed by atoms with Gasteiger partial charge < -0.3 is 9.80 Å². The summed E-state index contributed by atoms with van der Waals surface area (Å²) in [6, 6.07) is 1.84. The predicted octanol–water partition coefficient (Wildman–Crippen LogP) is 1.22. The maximum atomic E-state index is 4.60. The molecule has 4 heterocycles. The molecular weight excluding hydrogens is 286 g/mol. The van der Waals surface area contributed by atoms with E-state index in [2.05, 4.69) is 29.9 Å². The summed E-state index contributed by atoms with van der Waals surface area (Å²) in [6.45, 7) is 5.65. The molecule has 1 fully saturated rings. The molecular formula is C13H15N7S. The summed E-state index contributed by atoms with van der Waals surface area (Å²) in [5.41, 5.74) is 1.01. The molecule has 0 radical (unpaired) electrons. The third-order valence-corrected chi connectivity index (χ3v) is 4.52. The molecule has 0 bridgehead atoms. The zero-order chi connectivity index (χ0) is 14.2. The van der Waals surface area contributed by atoms with Gasteiger partial charge in [0.2, 0.25) is 16.0 Å². The van der Waals surface area contributed by atoms with E-state index in [0.29, 0.717) is 0 Å². The lowest BCUT2D eigenvalue weighted by molar-refractivity contribution is 0.635. The lowest BCUT2D eigenvalue weighted by Crippen LogP contribution is -2.47. The van der Waals surface area contributed by atoms with Crippen molar-refractivity contribution in [1.82, 2.24) is 24.6 Å². The van der Waals surface area contributed by atoms with Gasteiger partial charge in [0.05, 0.1) is 11.9 Å². The van der Waals surface area contributed by atoms with Crippen LogP contribution in [0.25, 0.3) is 4.96 Å². The molecule has 0 aromatic carbocycles. The fourth-order valence-corrected chi connectivity index (χ4v) is 3.46. The second-order valence-corrected chi connectivity index (χ2v) is 5.95. The van der Waals surface area contributed by atoms with Crippen molar-refractivity contribution < 1.29 is 0 Å². The zero-order valence-corrected chi connectivity index (χ0v) is 12.5. The van der Waals surface area contributed by atoms with Crippen LogP contribution in [0.1, 0.15) is 5.69 Å². The van der Waals surface area contributed by atoms with Crippen LogP contribution in [0, 0.1) is 6.92 Å². The van der Waals surface area contributed by atoms with Gasteiger partial charge in [0, 0.05) is 38.6 Å². The van der Waals surface area contributed by atoms with Crippen molar-refractivity contribution in [3.8, 4) is 0 Å². The van der Waals surface area contributed by atoms with E-state index < -0.39 is 0 Å². The number of piperazine rings is 1. The fraction of sp³-hybridized carbons (Fsp3) is 0.385. The van der Waals surface area contributed by atoms with Crippen LogP contribution in [0.3, 0.4) is 0 Å². The van der Waals surface area contributed by atoms with E-state index in [-0.39, 0.29) is 0 Å². The molecule has 0 amide bonds. The number of aryl methyl sites for hydroxylation is 1. The zero-order valence-electron chi connectivity index (χ0n) is 11.7. The summed E-state index contributed by atoms with van der Waals surface area (Å²) in [5, 5.41) is 5.64. The average molecular weight is 301 g/mol. The van der Waals surface area contributed by atoms with Gasteiger partial charge in [-0.1, -0.05) is 11.3 Å². The van der Waals surface area contributed by atoms with Gasteiger partial charge in [-0.3, -0.25) is 0 Å². The first-order valence-corrected chi connectivity index (χ1v) is 7.71. The first-order chi connectivity index (χ1) is 10.3. The summed E-state index contributed by atoms with van der Waals surface area (Å²) < 4.78 is 1.86. The quantitative estimate of drug-likeness (QED) is 0.709. The van der Waals surface area contributed by atoms with Crippen molar-refractivity contribution in [2.45, 2.75) is 6.92 Å². The molecule has 7 nitrogen and oxygen atoms in total. The molecule has 8 heteroatoms. The SMILES string of the molecule is Cc1cn2nc(N3CCN(c4ncccn4)CC3)sc2n1. The van der Waals surface area contributed by atoms with Crippen molar-refractivity contribution >= 4 is 27.4 Å². The Labute approximate surface area is 125 Å². The first kappa shape index (κ1) is 12.5. The molecule has 3 aromatic rings. The van der Waals surface area contributed by atoms with Crippen LogP contribution in [0.4, 0.5) is 11.1 Å². The van der Waals surface area contributed by atoms with Gasteiger partial charge in [0.25, 0.3) is 0 Å². The second kappa shape index (κ2) is 4.96. The van der Waals surface area contributed by atoms with E-state index in [1.807, 2.05) is 23.7 Å². The lowest BCUT2D eigenvalue weighted by Gasteiger charge is -2.34. The molecule has 3 aromatic heterocycles. The third-order valence-electron chi connectivity index (χ3n) is 3.54. The number of anilines is 2. The molecule has 21 heavy (non-hydrogen) atoms. The number of aromatic nitrogens is 5. The third kappa shape index (κ3) is 2.31. The maximum absolute atomic E-state index is 4.60. The maximum Gasteiger partial charge on any atom is 0.225 e. The van der Waals surface area contributed by atoms with Gasteiger partial charge in [-0.2, -0.15) is 0 Å². The molecule has 1 saturated heterocycles. The van der Waals surface area contributed by atoms with Gasteiger partial charge >= 0.3 is 0 Å². The normalized spacial score (nSPS) is 15.9. The molecule has 1 aliphatic rings. The summed E-state index contributed by atoms with van der Waals surface area (Å²) >= 11 is 1.64. The summed E-state index contributed by atoms with van der Waals surface area (Å²) in [6.07, 6.45) is 5.53. The van der Waals surface area contributed by atoms with Crippen LogP contribution in [0.2, 0.25) is 0 Å². The van der Waals surface area contributed by atoms with Gasteiger partial charge in [-0.05, 0) is 13.0 Å². The second-order valence-electron chi connectivity index (χ2n) is 5.02. The van der Waals surface area contributed by atoms with E-state index in [9.17, 15) is 0 Å². The van der Waals surface area contributed by atoms with E-state index in [1.54, 1.807) is 23.7 Å². The molecule has 0 aliphatic carbocycles. The molecule has 0 saturated carbocycles. The smallest absolute Gasteiger partial charge is 0.225 e. The Morgan fingerprint density at radius 2 is 1.76 bits per heavy atom. The van der Waals surface area contributed by atoms with Gasteiger partial charge in [-0.25, -0.2) is 19.5 Å². The Balaban J connectivity index is 1.48. The van der Waals surface area contributed by atoms with Crippen LogP contribution in [0.15, 0.2) is 24.7 Å². The first-order valence-electron chi connectivity index (χ1n) is 6.89. The van der Waals surface area contributed by atoms with Crippen LogP contribution >= 0.6 is 11.3 Å². The highest BCUT2D eigenvalue weighted by Gasteiger charge is 2.21.